The molecule has 0 radical (unpaired) electrons. The minimum absolute atomic E-state index is 0.221. The van der Waals surface area contributed by atoms with Crippen molar-refractivity contribution in [3.63, 3.8) is 0 Å². The summed E-state index contributed by atoms with van der Waals surface area (Å²) in [4.78, 5) is 26.3. The van der Waals surface area contributed by atoms with Gasteiger partial charge in [-0.3, -0.25) is 4.79 Å². The van der Waals surface area contributed by atoms with Crippen molar-refractivity contribution in [2.24, 2.45) is 0 Å². The van der Waals surface area contributed by atoms with Crippen molar-refractivity contribution in [1.29, 1.82) is 0 Å². The summed E-state index contributed by atoms with van der Waals surface area (Å²) in [6.45, 7) is 0.609. The van der Waals surface area contributed by atoms with E-state index in [9.17, 15) is 18.0 Å². The SMILES string of the molecule is CN(C)C/C=C/C(=O)Nc1cc2c(Nc3cccc(C(F)(F)F)c3)ncnc2cn1. The topological polar surface area (TPSA) is 83.0 Å². The van der Waals surface area contributed by atoms with Gasteiger partial charge in [-0.15, -0.1) is 0 Å². The van der Waals surface area contributed by atoms with Gasteiger partial charge in [0.25, 0.3) is 0 Å². The highest BCUT2D eigenvalue weighted by Gasteiger charge is 2.30. The highest BCUT2D eigenvalue weighted by molar-refractivity contribution is 6.00. The third-order valence-electron chi connectivity index (χ3n) is 3.97. The number of carbonyl (C=O) groups excluding carboxylic acids is 1. The molecule has 0 saturated heterocycles. The number of benzene rings is 1. The minimum Gasteiger partial charge on any atom is -0.340 e. The van der Waals surface area contributed by atoms with Crippen LogP contribution in [0.2, 0.25) is 0 Å². The second-order valence-corrected chi connectivity index (χ2v) is 6.67. The first-order valence-electron chi connectivity index (χ1n) is 8.89. The van der Waals surface area contributed by atoms with Gasteiger partial charge in [-0.25, -0.2) is 15.0 Å². The summed E-state index contributed by atoms with van der Waals surface area (Å²) < 4.78 is 38.9. The molecule has 2 N–H and O–H groups in total. The van der Waals surface area contributed by atoms with Crippen molar-refractivity contribution >= 4 is 34.1 Å². The largest absolute Gasteiger partial charge is 0.416 e. The molecule has 2 aromatic heterocycles. The predicted molar refractivity (Wildman–Crippen MR) is 108 cm³/mol. The average Bonchev–Trinajstić information content (AvgIpc) is 2.68. The van der Waals surface area contributed by atoms with E-state index < -0.39 is 11.7 Å². The lowest BCUT2D eigenvalue weighted by atomic mass is 10.2. The van der Waals surface area contributed by atoms with E-state index in [-0.39, 0.29) is 17.4 Å². The number of fused-ring (bicyclic) bond motifs is 1. The lowest BCUT2D eigenvalue weighted by molar-refractivity contribution is -0.137. The molecule has 3 aromatic rings. The Kier molecular flexibility index (Phi) is 6.26. The lowest BCUT2D eigenvalue weighted by Crippen LogP contribution is -2.13. The summed E-state index contributed by atoms with van der Waals surface area (Å²) >= 11 is 0. The highest BCUT2D eigenvalue weighted by atomic mass is 19.4. The average molecular weight is 416 g/mol. The number of pyridine rings is 1. The van der Waals surface area contributed by atoms with Gasteiger partial charge >= 0.3 is 6.18 Å². The van der Waals surface area contributed by atoms with Crippen LogP contribution in [0.3, 0.4) is 0 Å². The summed E-state index contributed by atoms with van der Waals surface area (Å²) in [7, 11) is 3.76. The van der Waals surface area contributed by atoms with Gasteiger partial charge in [-0.05, 0) is 38.4 Å². The zero-order valence-corrected chi connectivity index (χ0v) is 16.2. The number of aromatic nitrogens is 3. The molecular formula is C20H19F3N6O. The van der Waals surface area contributed by atoms with Crippen molar-refractivity contribution in [3.8, 4) is 0 Å². The van der Waals surface area contributed by atoms with E-state index in [0.717, 1.165) is 12.1 Å². The van der Waals surface area contributed by atoms with Gasteiger partial charge in [-0.1, -0.05) is 12.1 Å². The molecule has 10 heteroatoms. The van der Waals surface area contributed by atoms with Crippen LogP contribution in [0.4, 0.5) is 30.5 Å². The number of carbonyl (C=O) groups is 1. The number of amides is 1. The molecule has 156 valence electrons. The number of nitrogens with zero attached hydrogens (tertiary/aromatic N) is 4. The summed E-state index contributed by atoms with van der Waals surface area (Å²) in [5.74, 6) is 0.206. The Morgan fingerprint density at radius 3 is 2.70 bits per heavy atom. The molecular weight excluding hydrogens is 397 g/mol. The van der Waals surface area contributed by atoms with Gasteiger partial charge in [0.15, 0.2) is 0 Å². The van der Waals surface area contributed by atoms with E-state index in [1.807, 2.05) is 19.0 Å². The molecule has 3 rings (SSSR count). The van der Waals surface area contributed by atoms with Crippen LogP contribution >= 0.6 is 0 Å². The second kappa shape index (κ2) is 8.87. The third kappa shape index (κ3) is 5.51. The number of alkyl halides is 3. The molecule has 7 nitrogen and oxygen atoms in total. The number of halogens is 3. The quantitative estimate of drug-likeness (QED) is 0.594. The Labute approximate surface area is 170 Å². The first kappa shape index (κ1) is 21.2. The number of hydrogen-bond donors (Lipinski definition) is 2. The van der Waals surface area contributed by atoms with Crippen molar-refractivity contribution < 1.29 is 18.0 Å². The van der Waals surface area contributed by atoms with E-state index in [1.54, 1.807) is 12.1 Å². The van der Waals surface area contributed by atoms with Crippen LogP contribution < -0.4 is 10.6 Å². The Morgan fingerprint density at radius 2 is 1.97 bits per heavy atom. The van der Waals surface area contributed by atoms with Crippen molar-refractivity contribution in [2.45, 2.75) is 6.18 Å². The number of anilines is 3. The van der Waals surface area contributed by atoms with E-state index in [2.05, 4.69) is 25.6 Å². The van der Waals surface area contributed by atoms with Crippen LogP contribution in [0.5, 0.6) is 0 Å². The molecule has 2 heterocycles. The fourth-order valence-corrected chi connectivity index (χ4v) is 2.58. The van der Waals surface area contributed by atoms with Crippen LogP contribution in [0.15, 0.2) is 55.0 Å². The maximum atomic E-state index is 13.0. The van der Waals surface area contributed by atoms with Gasteiger partial charge in [0, 0.05) is 23.7 Å². The number of rotatable bonds is 6. The van der Waals surface area contributed by atoms with Gasteiger partial charge in [0.2, 0.25) is 5.91 Å². The molecule has 0 saturated carbocycles. The van der Waals surface area contributed by atoms with Crippen LogP contribution in [-0.4, -0.2) is 46.4 Å². The first-order chi connectivity index (χ1) is 14.2. The van der Waals surface area contributed by atoms with Crippen LogP contribution in [-0.2, 0) is 11.0 Å². The van der Waals surface area contributed by atoms with E-state index in [0.29, 0.717) is 23.3 Å². The molecule has 0 atom stereocenters. The zero-order chi connectivity index (χ0) is 21.7. The third-order valence-corrected chi connectivity index (χ3v) is 3.97. The number of hydrogen-bond acceptors (Lipinski definition) is 6. The fraction of sp³-hybridized carbons (Fsp3) is 0.200. The fourth-order valence-electron chi connectivity index (χ4n) is 2.58. The smallest absolute Gasteiger partial charge is 0.340 e. The van der Waals surface area contributed by atoms with Gasteiger partial charge < -0.3 is 15.5 Å². The van der Waals surface area contributed by atoms with Crippen LogP contribution in [0.1, 0.15) is 5.56 Å². The molecule has 30 heavy (non-hydrogen) atoms. The molecule has 1 aromatic carbocycles. The summed E-state index contributed by atoms with van der Waals surface area (Å²) in [6.07, 6.45) is 1.39. The standard InChI is InChI=1S/C20H19F3N6O/c1-29(2)8-4-7-18(30)28-17-10-15-16(11-24-17)25-12-26-19(15)27-14-6-3-5-13(9-14)20(21,22)23/h3-7,9-12H,8H2,1-2H3,(H,24,28,30)(H,25,26,27)/b7-4+. The molecule has 0 spiro atoms. The molecule has 0 aliphatic heterocycles. The highest BCUT2D eigenvalue weighted by Crippen LogP contribution is 2.32. The summed E-state index contributed by atoms with van der Waals surface area (Å²) in [6, 6.07) is 6.35. The lowest BCUT2D eigenvalue weighted by Gasteiger charge is -2.12. The molecule has 0 unspecified atom stereocenters. The molecule has 0 fully saturated rings. The molecule has 0 aliphatic rings. The van der Waals surface area contributed by atoms with Crippen LogP contribution in [0, 0.1) is 0 Å². The van der Waals surface area contributed by atoms with E-state index >= 15 is 0 Å². The Hall–Kier alpha value is -3.53. The maximum absolute atomic E-state index is 13.0. The zero-order valence-electron chi connectivity index (χ0n) is 16.2. The number of likely N-dealkylation sites (N-methyl/N-ethyl adjacent to an activating group) is 1. The Bertz CT molecular complexity index is 1080. The molecule has 0 aliphatic carbocycles. The maximum Gasteiger partial charge on any atom is 0.416 e. The van der Waals surface area contributed by atoms with Crippen molar-refractivity contribution in [1.82, 2.24) is 19.9 Å². The Balaban J connectivity index is 1.85. The predicted octanol–water partition coefficient (Wildman–Crippen LogP) is 3.84. The summed E-state index contributed by atoms with van der Waals surface area (Å²) in [5, 5.41) is 6.01. The number of nitrogens with one attached hydrogen (secondary N) is 2. The van der Waals surface area contributed by atoms with Crippen molar-refractivity contribution in [3.05, 3.63) is 60.6 Å². The second-order valence-electron chi connectivity index (χ2n) is 6.67. The van der Waals surface area contributed by atoms with E-state index in [4.69, 9.17) is 0 Å². The van der Waals surface area contributed by atoms with Gasteiger partial charge in [0.1, 0.15) is 18.0 Å². The molecule has 0 bridgehead atoms. The first-order valence-corrected chi connectivity index (χ1v) is 8.89. The van der Waals surface area contributed by atoms with Crippen molar-refractivity contribution in [2.75, 3.05) is 31.3 Å². The minimum atomic E-state index is -4.45. The summed E-state index contributed by atoms with van der Waals surface area (Å²) in [5.41, 5.74) is -0.0792. The normalized spacial score (nSPS) is 11.9. The monoisotopic (exact) mass is 416 g/mol. The Morgan fingerprint density at radius 1 is 1.17 bits per heavy atom. The molecule has 1 amide bonds. The van der Waals surface area contributed by atoms with Gasteiger partial charge in [0.05, 0.1) is 17.3 Å². The van der Waals surface area contributed by atoms with E-state index in [1.165, 1.54) is 30.7 Å². The van der Waals surface area contributed by atoms with Crippen LogP contribution in [0.25, 0.3) is 10.9 Å². The van der Waals surface area contributed by atoms with Gasteiger partial charge in [-0.2, -0.15) is 13.2 Å².